The number of halogens is 1. The molecule has 0 radical (unpaired) electrons. The van der Waals surface area contributed by atoms with Crippen LogP contribution in [-0.2, 0) is 12.8 Å². The van der Waals surface area contributed by atoms with Crippen LogP contribution >= 0.6 is 0 Å². The van der Waals surface area contributed by atoms with E-state index in [1.54, 1.807) is 12.1 Å². The molecule has 11 aromatic rings. The minimum Gasteiger partial charge on any atom is -0.345 e. The number of aryl methyl sites for hydroxylation is 6. The molecule has 0 heterocycles. The molecule has 0 amide bonds. The van der Waals surface area contributed by atoms with Crippen molar-refractivity contribution in [3.8, 4) is 33.4 Å². The first-order chi connectivity index (χ1) is 40.0. The molecule has 11 rings (SSSR count). The summed E-state index contributed by atoms with van der Waals surface area (Å²) >= 11 is 0. The second kappa shape index (κ2) is 24.5. The summed E-state index contributed by atoms with van der Waals surface area (Å²) in [6, 6.07) is 91.3. The van der Waals surface area contributed by atoms with Crippen LogP contribution in [0.15, 0.2) is 255 Å². The second-order valence-electron chi connectivity index (χ2n) is 21.7. The van der Waals surface area contributed by atoms with E-state index in [0.717, 1.165) is 116 Å². The molecule has 82 heavy (non-hydrogen) atoms. The fourth-order valence-corrected chi connectivity index (χ4v) is 11.0. The topological polar surface area (TPSA) is 13.0 Å². The van der Waals surface area contributed by atoms with Crippen molar-refractivity contribution in [3.05, 3.63) is 294 Å². The molecule has 0 bridgehead atoms. The summed E-state index contributed by atoms with van der Waals surface area (Å²) in [5, 5.41) is 0. The van der Waals surface area contributed by atoms with Gasteiger partial charge in [0.15, 0.2) is 0 Å². The summed E-state index contributed by atoms with van der Waals surface area (Å²) in [5.41, 5.74) is 26.4. The third-order valence-corrected chi connectivity index (χ3v) is 16.0. The van der Waals surface area contributed by atoms with Crippen LogP contribution in [0.25, 0.3) is 33.4 Å². The Bertz CT molecular complexity index is 3860. The maximum atomic E-state index is 14.0. The number of hydrogen-bond donors (Lipinski definition) is 0. The lowest BCUT2D eigenvalue weighted by Crippen LogP contribution is -2.11. The standard InChI is InChI=1S/C77H71FN4/c1-8-11-58-17-35-68(36-18-58)80(70-41-23-61(24-42-70)60-21-39-67(40-22-60)79(7)75-14-10-13-66(78)53-75)71-43-25-62(26-44-71)63-27-45-72(46-28-63)81(69-37-19-59(12-9-2)20-38-69)73-47-29-64(30-48-73)65-31-49-74(50-32-65)82(76-33-15-54(3)56(5)51-76)77-34-16-55(4)57(6)52-77/h10,13-53H,8-9,11-12H2,1-7H3. The van der Waals surface area contributed by atoms with E-state index in [2.05, 4.69) is 287 Å². The lowest BCUT2D eigenvalue weighted by Gasteiger charge is -2.27. The van der Waals surface area contributed by atoms with Gasteiger partial charge in [-0.15, -0.1) is 0 Å². The Labute approximate surface area is 485 Å². The molecule has 0 atom stereocenters. The van der Waals surface area contributed by atoms with Gasteiger partial charge in [-0.1, -0.05) is 142 Å². The van der Waals surface area contributed by atoms with Gasteiger partial charge in [0.2, 0.25) is 0 Å². The van der Waals surface area contributed by atoms with Gasteiger partial charge in [-0.25, -0.2) is 4.39 Å². The van der Waals surface area contributed by atoms with Crippen LogP contribution in [0.4, 0.5) is 67.0 Å². The Morgan fingerprint density at radius 1 is 0.268 bits per heavy atom. The number of benzene rings is 11. The van der Waals surface area contributed by atoms with Crippen LogP contribution in [0.2, 0.25) is 0 Å². The van der Waals surface area contributed by atoms with Crippen molar-refractivity contribution < 1.29 is 4.39 Å². The minimum atomic E-state index is -0.246. The number of hydrogen-bond acceptors (Lipinski definition) is 4. The number of anilines is 11. The summed E-state index contributed by atoms with van der Waals surface area (Å²) in [6.07, 6.45) is 4.32. The molecule has 0 saturated carbocycles. The van der Waals surface area contributed by atoms with E-state index in [9.17, 15) is 4.39 Å². The molecule has 11 aromatic carbocycles. The average molecular weight is 1070 g/mol. The lowest BCUT2D eigenvalue weighted by atomic mass is 10.0. The zero-order valence-electron chi connectivity index (χ0n) is 48.2. The largest absolute Gasteiger partial charge is 0.345 e. The Balaban J connectivity index is 0.849. The third-order valence-electron chi connectivity index (χ3n) is 16.0. The first-order valence-electron chi connectivity index (χ1n) is 28.8. The Hall–Kier alpha value is -9.45. The van der Waals surface area contributed by atoms with E-state index in [1.807, 2.05) is 18.0 Å². The summed E-state index contributed by atoms with van der Waals surface area (Å²) in [6.45, 7) is 13.2. The van der Waals surface area contributed by atoms with Crippen LogP contribution in [0, 0.1) is 33.5 Å². The van der Waals surface area contributed by atoms with E-state index in [-0.39, 0.29) is 5.82 Å². The van der Waals surface area contributed by atoms with Gasteiger partial charge in [-0.2, -0.15) is 0 Å². The second-order valence-corrected chi connectivity index (χ2v) is 21.7. The van der Waals surface area contributed by atoms with Crippen LogP contribution < -0.4 is 19.6 Å². The maximum absolute atomic E-state index is 14.0. The predicted molar refractivity (Wildman–Crippen MR) is 348 cm³/mol. The molecule has 406 valence electrons. The molecule has 0 aliphatic rings. The first kappa shape index (κ1) is 54.5. The van der Waals surface area contributed by atoms with Gasteiger partial charge in [0.1, 0.15) is 5.82 Å². The van der Waals surface area contributed by atoms with E-state index < -0.39 is 0 Å². The monoisotopic (exact) mass is 1070 g/mol. The highest BCUT2D eigenvalue weighted by Crippen LogP contribution is 2.42. The van der Waals surface area contributed by atoms with Crippen molar-refractivity contribution in [2.75, 3.05) is 26.6 Å². The number of rotatable bonds is 18. The van der Waals surface area contributed by atoms with Crippen molar-refractivity contribution in [3.63, 3.8) is 0 Å². The van der Waals surface area contributed by atoms with Crippen LogP contribution in [0.1, 0.15) is 60.1 Å². The van der Waals surface area contributed by atoms with Crippen molar-refractivity contribution in [2.45, 2.75) is 67.2 Å². The normalized spacial score (nSPS) is 11.1. The third kappa shape index (κ3) is 12.0. The zero-order valence-corrected chi connectivity index (χ0v) is 48.2. The lowest BCUT2D eigenvalue weighted by molar-refractivity contribution is 0.628. The molecular formula is C77H71FN4. The Morgan fingerprint density at radius 2 is 0.537 bits per heavy atom. The van der Waals surface area contributed by atoms with Gasteiger partial charge in [-0.05, 0) is 247 Å². The van der Waals surface area contributed by atoms with Gasteiger partial charge in [-0.3, -0.25) is 0 Å². The molecular weight excluding hydrogens is 1000 g/mol. The minimum absolute atomic E-state index is 0.246. The van der Waals surface area contributed by atoms with Gasteiger partial charge < -0.3 is 19.6 Å². The summed E-state index contributed by atoms with van der Waals surface area (Å²) in [4.78, 5) is 9.05. The van der Waals surface area contributed by atoms with E-state index in [0.29, 0.717) is 0 Å². The quantitative estimate of drug-likeness (QED) is 0.0849. The zero-order chi connectivity index (χ0) is 56.7. The van der Waals surface area contributed by atoms with Gasteiger partial charge in [0.25, 0.3) is 0 Å². The van der Waals surface area contributed by atoms with Crippen LogP contribution in [0.3, 0.4) is 0 Å². The highest BCUT2D eigenvalue weighted by atomic mass is 19.1. The molecule has 5 heteroatoms. The summed E-state index contributed by atoms with van der Waals surface area (Å²) in [5.74, 6) is -0.246. The van der Waals surface area contributed by atoms with E-state index >= 15 is 0 Å². The van der Waals surface area contributed by atoms with Crippen molar-refractivity contribution in [2.24, 2.45) is 0 Å². The highest BCUT2D eigenvalue weighted by Gasteiger charge is 2.18. The van der Waals surface area contributed by atoms with Crippen LogP contribution in [-0.4, -0.2) is 7.05 Å². The van der Waals surface area contributed by atoms with E-state index in [1.165, 1.54) is 45.0 Å². The first-order valence-corrected chi connectivity index (χ1v) is 28.8. The van der Waals surface area contributed by atoms with Crippen molar-refractivity contribution in [1.82, 2.24) is 0 Å². The van der Waals surface area contributed by atoms with Crippen molar-refractivity contribution >= 4 is 62.6 Å². The highest BCUT2D eigenvalue weighted by molar-refractivity contribution is 5.84. The van der Waals surface area contributed by atoms with Gasteiger partial charge >= 0.3 is 0 Å². The molecule has 0 fully saturated rings. The Morgan fingerprint density at radius 3 is 0.817 bits per heavy atom. The number of nitrogens with zero attached hydrogens (tertiary/aromatic N) is 4. The van der Waals surface area contributed by atoms with Crippen molar-refractivity contribution in [1.29, 1.82) is 0 Å². The van der Waals surface area contributed by atoms with Gasteiger partial charge in [0, 0.05) is 69.6 Å². The smallest absolute Gasteiger partial charge is 0.125 e. The van der Waals surface area contributed by atoms with E-state index in [4.69, 9.17) is 0 Å². The molecule has 0 N–H and O–H groups in total. The Kier molecular flexibility index (Phi) is 16.3. The summed E-state index contributed by atoms with van der Waals surface area (Å²) < 4.78 is 14.0. The van der Waals surface area contributed by atoms with Gasteiger partial charge in [0.05, 0.1) is 0 Å². The molecule has 0 saturated heterocycles. The molecule has 0 spiro atoms. The molecule has 0 aromatic heterocycles. The summed E-state index contributed by atoms with van der Waals surface area (Å²) in [7, 11) is 1.96. The molecule has 0 aliphatic heterocycles. The molecule has 0 unspecified atom stereocenters. The SMILES string of the molecule is CCCc1ccc(N(c2ccc(-c3ccc(N(C)c4cccc(F)c4)cc3)cc2)c2ccc(-c3ccc(N(c4ccc(CCC)cc4)c4ccc(-c5ccc(N(c6ccc(C)c(C)c6)c6ccc(C)c(C)c6)cc5)cc4)cc3)cc2)cc1. The predicted octanol–water partition coefficient (Wildman–Crippen LogP) is 22.1. The average Bonchev–Trinajstić information content (AvgIpc) is 3.53. The fraction of sp³-hybridized carbons (Fsp3) is 0.143. The molecule has 4 nitrogen and oxygen atoms in total. The fourth-order valence-electron chi connectivity index (χ4n) is 11.0. The molecule has 0 aliphatic carbocycles. The van der Waals surface area contributed by atoms with Crippen LogP contribution in [0.5, 0.6) is 0 Å². The maximum Gasteiger partial charge on any atom is 0.125 e.